The molecule has 0 bridgehead atoms. The van der Waals surface area contributed by atoms with E-state index in [4.69, 9.17) is 10.5 Å². The van der Waals surface area contributed by atoms with Crippen LogP contribution in [0.15, 0.2) is 12.1 Å². The second kappa shape index (κ2) is 6.42. The highest BCUT2D eigenvalue weighted by molar-refractivity contribution is 5.68. The summed E-state index contributed by atoms with van der Waals surface area (Å²) in [5.41, 5.74) is 6.90. The minimum absolute atomic E-state index is 0.240. The molecule has 22 heavy (non-hydrogen) atoms. The first kappa shape index (κ1) is 16.4. The van der Waals surface area contributed by atoms with Crippen molar-refractivity contribution in [1.82, 2.24) is 9.88 Å². The predicted molar refractivity (Wildman–Crippen MR) is 88.0 cm³/mol. The van der Waals surface area contributed by atoms with Crippen LogP contribution in [-0.2, 0) is 4.74 Å². The van der Waals surface area contributed by atoms with E-state index in [1.54, 1.807) is 4.90 Å². The largest absolute Gasteiger partial charge is 0.444 e. The summed E-state index contributed by atoms with van der Waals surface area (Å²) < 4.78 is 5.44. The van der Waals surface area contributed by atoms with Crippen LogP contribution >= 0.6 is 0 Å². The summed E-state index contributed by atoms with van der Waals surface area (Å²) in [6.07, 6.45) is 0.653. The molecule has 2 rings (SSSR count). The maximum Gasteiger partial charge on any atom is 0.410 e. The van der Waals surface area contributed by atoms with Gasteiger partial charge in [-0.25, -0.2) is 9.78 Å². The van der Waals surface area contributed by atoms with Gasteiger partial charge in [0.1, 0.15) is 11.4 Å². The Morgan fingerprint density at radius 2 is 1.95 bits per heavy atom. The van der Waals surface area contributed by atoms with E-state index in [9.17, 15) is 4.79 Å². The number of carbonyl (C=O) groups is 1. The summed E-state index contributed by atoms with van der Waals surface area (Å²) in [4.78, 5) is 20.7. The Kier molecular flexibility index (Phi) is 4.78. The van der Waals surface area contributed by atoms with E-state index in [2.05, 4.69) is 9.88 Å². The Labute approximate surface area is 132 Å². The van der Waals surface area contributed by atoms with E-state index in [-0.39, 0.29) is 6.09 Å². The zero-order valence-electron chi connectivity index (χ0n) is 13.9. The number of aromatic nitrogens is 1. The normalized spacial score (nSPS) is 16.4. The number of aryl methyl sites for hydroxylation is 1. The van der Waals surface area contributed by atoms with Gasteiger partial charge < -0.3 is 20.3 Å². The van der Waals surface area contributed by atoms with Gasteiger partial charge in [-0.2, -0.15) is 0 Å². The number of ether oxygens (including phenoxy) is 1. The fraction of sp³-hybridized carbons (Fsp3) is 0.625. The third-order valence-corrected chi connectivity index (χ3v) is 3.58. The third kappa shape index (κ3) is 4.26. The van der Waals surface area contributed by atoms with Crippen LogP contribution in [-0.4, -0.2) is 47.8 Å². The standard InChI is InChI=1S/C16H26N4O2/c1-12-13(17)6-7-14(18-12)19-8-5-9-20(11-10-19)15(21)22-16(2,3)4/h6-7H,5,8-11,17H2,1-4H3. The lowest BCUT2D eigenvalue weighted by atomic mass is 10.2. The van der Waals surface area contributed by atoms with Gasteiger partial charge in [0.05, 0.1) is 11.4 Å². The Balaban J connectivity index is 2.00. The highest BCUT2D eigenvalue weighted by atomic mass is 16.6. The fourth-order valence-corrected chi connectivity index (χ4v) is 2.39. The van der Waals surface area contributed by atoms with Crippen LogP contribution < -0.4 is 10.6 Å². The zero-order chi connectivity index (χ0) is 16.3. The van der Waals surface area contributed by atoms with Crippen molar-refractivity contribution in [3.63, 3.8) is 0 Å². The number of rotatable bonds is 1. The SMILES string of the molecule is Cc1nc(N2CCCN(C(=O)OC(C)(C)C)CC2)ccc1N. The number of nitrogens with zero attached hydrogens (tertiary/aromatic N) is 3. The molecular formula is C16H26N4O2. The number of nitrogen functional groups attached to an aromatic ring is 1. The molecule has 1 aromatic heterocycles. The summed E-state index contributed by atoms with van der Waals surface area (Å²) in [5.74, 6) is 0.915. The quantitative estimate of drug-likeness (QED) is 0.862. The van der Waals surface area contributed by atoms with Gasteiger partial charge in [0.2, 0.25) is 0 Å². The van der Waals surface area contributed by atoms with Crippen molar-refractivity contribution < 1.29 is 9.53 Å². The van der Waals surface area contributed by atoms with Gasteiger partial charge in [-0.3, -0.25) is 0 Å². The van der Waals surface area contributed by atoms with Crippen LogP contribution in [0.2, 0.25) is 0 Å². The molecule has 1 aliphatic rings. The van der Waals surface area contributed by atoms with Gasteiger partial charge in [0.25, 0.3) is 0 Å². The summed E-state index contributed by atoms with van der Waals surface area (Å²) in [7, 11) is 0. The second-order valence-electron chi connectivity index (χ2n) is 6.65. The molecule has 0 radical (unpaired) electrons. The smallest absolute Gasteiger partial charge is 0.410 e. The monoisotopic (exact) mass is 306 g/mol. The van der Waals surface area contributed by atoms with Crippen molar-refractivity contribution in [2.75, 3.05) is 36.8 Å². The molecule has 6 heteroatoms. The van der Waals surface area contributed by atoms with E-state index in [0.717, 1.165) is 31.0 Å². The first-order valence-corrected chi connectivity index (χ1v) is 7.72. The molecular weight excluding hydrogens is 280 g/mol. The van der Waals surface area contributed by atoms with Crippen LogP contribution in [0.25, 0.3) is 0 Å². The van der Waals surface area contributed by atoms with E-state index in [0.29, 0.717) is 18.8 Å². The Hall–Kier alpha value is -1.98. The lowest BCUT2D eigenvalue weighted by molar-refractivity contribution is 0.0263. The number of pyridine rings is 1. The second-order valence-corrected chi connectivity index (χ2v) is 6.65. The number of hydrogen-bond acceptors (Lipinski definition) is 5. The van der Waals surface area contributed by atoms with Gasteiger partial charge >= 0.3 is 6.09 Å². The summed E-state index contributed by atoms with van der Waals surface area (Å²) in [5, 5.41) is 0. The van der Waals surface area contributed by atoms with Crippen molar-refractivity contribution in [3.8, 4) is 0 Å². The van der Waals surface area contributed by atoms with Crippen molar-refractivity contribution in [2.45, 2.75) is 39.7 Å². The molecule has 2 heterocycles. The van der Waals surface area contributed by atoms with E-state index in [1.807, 2.05) is 39.8 Å². The van der Waals surface area contributed by atoms with E-state index < -0.39 is 5.60 Å². The van der Waals surface area contributed by atoms with E-state index in [1.165, 1.54) is 0 Å². The molecule has 2 N–H and O–H groups in total. The molecule has 1 fully saturated rings. The Morgan fingerprint density at radius 3 is 2.59 bits per heavy atom. The molecule has 0 saturated carbocycles. The van der Waals surface area contributed by atoms with Gasteiger partial charge in [0, 0.05) is 26.2 Å². The van der Waals surface area contributed by atoms with Crippen LogP contribution in [0.1, 0.15) is 32.9 Å². The van der Waals surface area contributed by atoms with Crippen LogP contribution in [0.5, 0.6) is 0 Å². The zero-order valence-corrected chi connectivity index (χ0v) is 13.9. The predicted octanol–water partition coefficient (Wildman–Crippen LogP) is 2.42. The van der Waals surface area contributed by atoms with Gasteiger partial charge in [0.15, 0.2) is 0 Å². The number of hydrogen-bond donors (Lipinski definition) is 1. The first-order valence-electron chi connectivity index (χ1n) is 7.72. The average molecular weight is 306 g/mol. The van der Waals surface area contributed by atoms with Gasteiger partial charge in [-0.15, -0.1) is 0 Å². The molecule has 0 atom stereocenters. The molecule has 1 aromatic rings. The number of nitrogens with two attached hydrogens (primary N) is 1. The molecule has 0 spiro atoms. The minimum atomic E-state index is -0.460. The fourth-order valence-electron chi connectivity index (χ4n) is 2.39. The molecule has 1 saturated heterocycles. The number of carbonyl (C=O) groups excluding carboxylic acids is 1. The van der Waals surface area contributed by atoms with Crippen LogP contribution in [0, 0.1) is 6.92 Å². The molecule has 6 nitrogen and oxygen atoms in total. The summed E-state index contributed by atoms with van der Waals surface area (Å²) in [6.45, 7) is 10.5. The summed E-state index contributed by atoms with van der Waals surface area (Å²) >= 11 is 0. The Bertz CT molecular complexity index is 539. The lowest BCUT2D eigenvalue weighted by Crippen LogP contribution is -2.39. The summed E-state index contributed by atoms with van der Waals surface area (Å²) in [6, 6.07) is 3.82. The highest BCUT2D eigenvalue weighted by Gasteiger charge is 2.24. The van der Waals surface area contributed by atoms with Crippen molar-refractivity contribution >= 4 is 17.6 Å². The van der Waals surface area contributed by atoms with Crippen molar-refractivity contribution in [3.05, 3.63) is 17.8 Å². The lowest BCUT2D eigenvalue weighted by Gasteiger charge is -2.26. The molecule has 1 amide bonds. The third-order valence-electron chi connectivity index (χ3n) is 3.58. The Morgan fingerprint density at radius 1 is 1.23 bits per heavy atom. The average Bonchev–Trinajstić information content (AvgIpc) is 2.66. The molecule has 122 valence electrons. The molecule has 1 aliphatic heterocycles. The van der Waals surface area contributed by atoms with Crippen molar-refractivity contribution in [2.24, 2.45) is 0 Å². The maximum atomic E-state index is 12.2. The van der Waals surface area contributed by atoms with Crippen LogP contribution in [0.3, 0.4) is 0 Å². The highest BCUT2D eigenvalue weighted by Crippen LogP contribution is 2.19. The topological polar surface area (TPSA) is 71.7 Å². The van der Waals surface area contributed by atoms with Crippen molar-refractivity contribution in [1.29, 1.82) is 0 Å². The number of amides is 1. The molecule has 0 aliphatic carbocycles. The maximum absolute atomic E-state index is 12.2. The van der Waals surface area contributed by atoms with Crippen LogP contribution in [0.4, 0.5) is 16.3 Å². The van der Waals surface area contributed by atoms with Gasteiger partial charge in [-0.05, 0) is 46.2 Å². The number of anilines is 2. The minimum Gasteiger partial charge on any atom is -0.444 e. The molecule has 0 aromatic carbocycles. The molecule has 0 unspecified atom stereocenters. The van der Waals surface area contributed by atoms with Gasteiger partial charge in [-0.1, -0.05) is 0 Å². The first-order chi connectivity index (χ1) is 10.3. The van der Waals surface area contributed by atoms with E-state index >= 15 is 0 Å².